The minimum atomic E-state index is -0.352. The van der Waals surface area contributed by atoms with Crippen LogP contribution >= 0.6 is 0 Å². The minimum Gasteiger partial charge on any atom is -0.858 e. The van der Waals surface area contributed by atoms with Crippen molar-refractivity contribution in [2.24, 2.45) is 9.98 Å². The molecule has 0 spiro atoms. The third-order valence-corrected chi connectivity index (χ3v) is 8.27. The van der Waals surface area contributed by atoms with E-state index < -0.39 is 0 Å². The fraction of sp³-hybridized carbons (Fsp3) is 0.292. The molecule has 0 unspecified atom stereocenters. The summed E-state index contributed by atoms with van der Waals surface area (Å²) in [5, 5.41) is 44.6. The molecule has 0 saturated heterocycles. The van der Waals surface area contributed by atoms with Crippen LogP contribution in [0.25, 0.3) is 43.3 Å². The Kier molecular flexibility index (Phi) is 22.8. The zero-order valence-electron chi connectivity index (χ0n) is 36.3. The van der Waals surface area contributed by atoms with Crippen LogP contribution in [0.2, 0.25) is 0 Å². The molecule has 6 rings (SSSR count). The second-order valence-corrected chi connectivity index (χ2v) is 13.6. The first-order valence-electron chi connectivity index (χ1n) is 18.6. The first kappa shape index (κ1) is 50.5. The third kappa shape index (κ3) is 13.8. The van der Waals surface area contributed by atoms with E-state index in [1.54, 1.807) is 28.2 Å². The molecule has 0 aliphatic heterocycles. The fourth-order valence-electron chi connectivity index (χ4n) is 6.46. The molecule has 0 saturated carbocycles. The van der Waals surface area contributed by atoms with Gasteiger partial charge < -0.3 is 31.5 Å². The number of aryl methyl sites for hydroxylation is 6. The van der Waals surface area contributed by atoms with E-state index in [1.807, 2.05) is 167 Å². The molecule has 0 radical (unpaired) electrons. The van der Waals surface area contributed by atoms with Crippen LogP contribution in [0, 0.1) is 41.5 Å². The molecule has 0 aliphatic carbocycles. The maximum atomic E-state index is 14.2. The van der Waals surface area contributed by atoms with E-state index in [0.717, 1.165) is 54.9 Å². The van der Waals surface area contributed by atoms with E-state index in [1.165, 1.54) is 0 Å². The minimum absolute atomic E-state index is 0. The van der Waals surface area contributed by atoms with Crippen molar-refractivity contribution < 1.29 is 36.4 Å². The maximum Gasteiger partial charge on any atom is 4.00 e. The summed E-state index contributed by atoms with van der Waals surface area (Å²) in [4.78, 5) is 9.34. The molecule has 6 aromatic rings. The Bertz CT molecular complexity index is 2040. The summed E-state index contributed by atoms with van der Waals surface area (Å²) < 4.78 is 0. The summed E-state index contributed by atoms with van der Waals surface area (Å²) in [5.74, 6) is -0.705. The molecule has 6 aromatic carbocycles. The van der Waals surface area contributed by atoms with Crippen LogP contribution < -0.4 is 20.8 Å². The molecule has 57 heavy (non-hydrogen) atoms. The van der Waals surface area contributed by atoms with Crippen molar-refractivity contribution in [3.05, 3.63) is 152 Å². The van der Waals surface area contributed by atoms with E-state index in [4.69, 9.17) is 0 Å². The molecule has 0 aliphatic rings. The Morgan fingerprint density at radius 3 is 1.02 bits per heavy atom. The largest absolute Gasteiger partial charge is 4.00 e. The monoisotopic (exact) mass is 842 g/mol. The Labute approximate surface area is 361 Å². The zero-order chi connectivity index (χ0) is 41.9. The van der Waals surface area contributed by atoms with Crippen molar-refractivity contribution in [2.45, 2.75) is 41.5 Å². The van der Waals surface area contributed by atoms with Gasteiger partial charge in [-0.3, -0.25) is 9.98 Å². The van der Waals surface area contributed by atoms with Crippen LogP contribution in [0.5, 0.6) is 0 Å². The standard InChI is InChI=1S/C40H36N2O2.2C2H7N.2C2H6N.Zr/c1-23-19-25(3)37(26(4)20-23)41-39(43)33-17-15-29-11-7-9-13-31(29)35(33)36-32-14-10-8-12-30(32)16-18-34(36)40(44)42-38-27(5)21-24(2)22-28(38)6;4*1-3-2;/h7-22H,1-6H3,(H,41,43)(H,42,44);2*3H,1-2H3;2*1-2H3;/q;;;2*-1;+4/p-2. The third-order valence-electron chi connectivity index (χ3n) is 8.27. The zero-order valence-corrected chi connectivity index (χ0v) is 38.8. The Hall–Kier alpha value is -4.50. The summed E-state index contributed by atoms with van der Waals surface area (Å²) in [6.45, 7) is 12.0. The van der Waals surface area contributed by atoms with Crippen molar-refractivity contribution >= 4 is 44.7 Å². The molecule has 0 bridgehead atoms. The van der Waals surface area contributed by atoms with Crippen molar-refractivity contribution in [3.8, 4) is 11.1 Å². The van der Waals surface area contributed by atoms with E-state index in [9.17, 15) is 10.2 Å². The summed E-state index contributed by atoms with van der Waals surface area (Å²) in [5.41, 5.74) is 9.64. The van der Waals surface area contributed by atoms with Crippen LogP contribution in [0.4, 0.5) is 11.4 Å². The molecule has 9 heteroatoms. The second kappa shape index (κ2) is 25.7. The first-order valence-corrected chi connectivity index (χ1v) is 18.6. The van der Waals surface area contributed by atoms with E-state index in [0.29, 0.717) is 33.6 Å². The Morgan fingerprint density at radius 2 is 0.737 bits per heavy atom. The average Bonchev–Trinajstić information content (AvgIpc) is 3.15. The van der Waals surface area contributed by atoms with E-state index >= 15 is 0 Å². The van der Waals surface area contributed by atoms with Crippen molar-refractivity contribution in [2.75, 3.05) is 56.4 Å². The van der Waals surface area contributed by atoms with Crippen molar-refractivity contribution in [3.63, 3.8) is 0 Å². The quantitative estimate of drug-likeness (QED) is 0.133. The fourth-order valence-corrected chi connectivity index (χ4v) is 6.46. The molecule has 2 N–H and O–H groups in total. The molecule has 8 nitrogen and oxygen atoms in total. The summed E-state index contributed by atoms with van der Waals surface area (Å²) in [6.07, 6.45) is 0. The summed E-state index contributed by atoms with van der Waals surface area (Å²) in [6, 6.07) is 31.7. The van der Waals surface area contributed by atoms with E-state index in [2.05, 4.69) is 31.3 Å². The Morgan fingerprint density at radius 1 is 0.474 bits per heavy atom. The van der Waals surface area contributed by atoms with Crippen molar-refractivity contribution in [1.82, 2.24) is 10.6 Å². The van der Waals surface area contributed by atoms with Crippen LogP contribution in [0.1, 0.15) is 44.5 Å². The van der Waals surface area contributed by atoms with Gasteiger partial charge >= 0.3 is 26.2 Å². The van der Waals surface area contributed by atoms with Gasteiger partial charge in [-0.1, -0.05) is 108 Å². The molecule has 0 fully saturated rings. The number of aliphatic imine (C=N–C) groups is 2. The first-order chi connectivity index (χ1) is 26.8. The topological polar surface area (TPSA) is 123 Å². The number of rotatable bonds is 5. The summed E-state index contributed by atoms with van der Waals surface area (Å²) in [7, 11) is 14.5. The number of hydrogen-bond acceptors (Lipinski definition) is 6. The van der Waals surface area contributed by atoms with Crippen LogP contribution in [0.3, 0.4) is 0 Å². The maximum absolute atomic E-state index is 14.2. The number of nitrogens with one attached hydrogen (secondary N) is 2. The summed E-state index contributed by atoms with van der Waals surface area (Å²) >= 11 is 0. The number of fused-ring (bicyclic) bond motifs is 2. The van der Waals surface area contributed by atoms with Gasteiger partial charge in [-0.25, -0.2) is 0 Å². The molecule has 298 valence electrons. The number of benzene rings is 6. The van der Waals surface area contributed by atoms with Crippen LogP contribution in [0.15, 0.2) is 107 Å². The molecule has 0 heterocycles. The number of hydrogen-bond donors (Lipinski definition) is 2. The Balaban J connectivity index is 0.00000112. The van der Waals surface area contributed by atoms with Crippen LogP contribution in [-0.2, 0) is 26.2 Å². The number of nitrogens with zero attached hydrogens (tertiary/aromatic N) is 4. The van der Waals surface area contributed by atoms with Gasteiger partial charge in [0, 0.05) is 0 Å². The molecular weight excluding hydrogens is 784 g/mol. The molecule has 0 amide bonds. The van der Waals surface area contributed by atoms with Gasteiger partial charge in [-0.2, -0.15) is 28.2 Å². The second-order valence-electron chi connectivity index (χ2n) is 13.6. The smallest absolute Gasteiger partial charge is 0.858 e. The molecular formula is C48H60N6O2Zr. The average molecular weight is 844 g/mol. The van der Waals surface area contributed by atoms with Gasteiger partial charge in [0.1, 0.15) is 0 Å². The molecule has 0 atom stereocenters. The van der Waals surface area contributed by atoms with Gasteiger partial charge in [0.25, 0.3) is 0 Å². The SMILES string of the molecule is CNC.CNC.C[N-]C.C[N-]C.Cc1cc(C)c(N=C([O-])c2ccc3ccccc3c2-c2c(C([O-])=Nc3c(C)cc(C)cc3C)ccc3ccccc23)c(C)c1.[Zr+4]. The van der Waals surface area contributed by atoms with Gasteiger partial charge in [-0.15, -0.1) is 0 Å². The van der Waals surface area contributed by atoms with Crippen molar-refractivity contribution in [1.29, 1.82) is 0 Å². The normalized spacial score (nSPS) is 10.8. The van der Waals surface area contributed by atoms with Gasteiger partial charge in [-0.05, 0) is 148 Å². The molecule has 0 aromatic heterocycles. The van der Waals surface area contributed by atoms with Gasteiger partial charge in [0.15, 0.2) is 0 Å². The van der Waals surface area contributed by atoms with Gasteiger partial charge in [0.05, 0.1) is 11.4 Å². The predicted octanol–water partition coefficient (Wildman–Crippen LogP) is 9.30. The predicted molar refractivity (Wildman–Crippen MR) is 241 cm³/mol. The van der Waals surface area contributed by atoms with Crippen LogP contribution in [-0.4, -0.2) is 68.2 Å². The van der Waals surface area contributed by atoms with Gasteiger partial charge in [0.2, 0.25) is 0 Å². The van der Waals surface area contributed by atoms with E-state index in [-0.39, 0.29) is 38.0 Å².